The third-order valence-electron chi connectivity index (χ3n) is 5.68. The van der Waals surface area contributed by atoms with Crippen molar-refractivity contribution in [1.29, 1.82) is 0 Å². The van der Waals surface area contributed by atoms with Crippen LogP contribution in [0.3, 0.4) is 0 Å². The molecule has 2 aromatic carbocycles. The molecule has 0 spiro atoms. The fourth-order valence-corrected chi connectivity index (χ4v) is 3.97. The molecule has 0 saturated carbocycles. The van der Waals surface area contributed by atoms with Crippen LogP contribution in [0.4, 0.5) is 0 Å². The van der Waals surface area contributed by atoms with Gasteiger partial charge in [-0.2, -0.15) is 0 Å². The zero-order chi connectivity index (χ0) is 18.5. The van der Waals surface area contributed by atoms with Gasteiger partial charge in [0, 0.05) is 12.2 Å². The van der Waals surface area contributed by atoms with Crippen LogP contribution in [-0.2, 0) is 6.42 Å². The number of allylic oxidation sites excluding steroid dienone is 1. The predicted molar refractivity (Wildman–Crippen MR) is 114 cm³/mol. The van der Waals surface area contributed by atoms with Crippen molar-refractivity contribution in [1.82, 2.24) is 5.32 Å². The number of aryl methyl sites for hydroxylation is 1. The average Bonchev–Trinajstić information content (AvgIpc) is 2.68. The van der Waals surface area contributed by atoms with Gasteiger partial charge in [0.05, 0.1) is 0 Å². The highest BCUT2D eigenvalue weighted by Crippen LogP contribution is 2.37. The Morgan fingerprint density at radius 3 is 2.69 bits per heavy atom. The lowest BCUT2D eigenvalue weighted by atomic mass is 9.78. The molecule has 2 unspecified atom stereocenters. The molecule has 0 bridgehead atoms. The first-order chi connectivity index (χ1) is 12.6. The fourth-order valence-electron chi connectivity index (χ4n) is 3.97. The average molecular weight is 346 g/mol. The first kappa shape index (κ1) is 18.5. The topological polar surface area (TPSA) is 12.0 Å². The van der Waals surface area contributed by atoms with E-state index in [-0.39, 0.29) is 0 Å². The van der Waals surface area contributed by atoms with Crippen LogP contribution < -0.4 is 5.32 Å². The van der Waals surface area contributed by atoms with E-state index < -0.39 is 0 Å². The highest BCUT2D eigenvalue weighted by atomic mass is 14.9. The van der Waals surface area contributed by atoms with Crippen LogP contribution in [0.1, 0.15) is 61.3 Å². The van der Waals surface area contributed by atoms with E-state index in [0.717, 1.165) is 18.7 Å². The number of nitrogens with one attached hydrogen (secondary N) is 1. The standard InChI is InChI=1S/C25H31N/c1-5-9-22-12-13-24-16-23(14-15-25(24)19(22)3)20(4)26-17-18(2)21-10-7-6-8-11-21/h6-8,10-11,14-16,18,22,26H,3-5,9,12-13,17H2,1-2H3. The molecule has 136 valence electrons. The monoisotopic (exact) mass is 345 g/mol. The van der Waals surface area contributed by atoms with Crippen molar-refractivity contribution in [3.63, 3.8) is 0 Å². The summed E-state index contributed by atoms with van der Waals surface area (Å²) in [7, 11) is 0. The van der Waals surface area contributed by atoms with Gasteiger partial charge >= 0.3 is 0 Å². The van der Waals surface area contributed by atoms with Crippen molar-refractivity contribution in [2.45, 2.75) is 45.4 Å². The Morgan fingerprint density at radius 2 is 1.96 bits per heavy atom. The maximum absolute atomic E-state index is 4.39. The van der Waals surface area contributed by atoms with Gasteiger partial charge in [0.1, 0.15) is 0 Å². The third kappa shape index (κ3) is 4.09. The van der Waals surface area contributed by atoms with Crippen molar-refractivity contribution in [3.05, 3.63) is 83.9 Å². The van der Waals surface area contributed by atoms with E-state index in [1.54, 1.807) is 0 Å². The molecule has 3 rings (SSSR count). The Labute approximate surface area is 158 Å². The highest BCUT2D eigenvalue weighted by Gasteiger charge is 2.22. The van der Waals surface area contributed by atoms with Gasteiger partial charge in [-0.15, -0.1) is 0 Å². The first-order valence-corrected chi connectivity index (χ1v) is 9.90. The molecule has 0 aromatic heterocycles. The molecule has 2 atom stereocenters. The quantitative estimate of drug-likeness (QED) is 0.610. The Kier molecular flexibility index (Phi) is 5.98. The molecule has 26 heavy (non-hydrogen) atoms. The summed E-state index contributed by atoms with van der Waals surface area (Å²) in [6.45, 7) is 14.1. The summed E-state index contributed by atoms with van der Waals surface area (Å²) in [5.41, 5.74) is 7.69. The summed E-state index contributed by atoms with van der Waals surface area (Å²) in [5.74, 6) is 1.12. The van der Waals surface area contributed by atoms with Crippen molar-refractivity contribution < 1.29 is 0 Å². The second kappa shape index (κ2) is 8.40. The van der Waals surface area contributed by atoms with E-state index in [0.29, 0.717) is 11.8 Å². The van der Waals surface area contributed by atoms with Gasteiger partial charge in [-0.1, -0.05) is 75.9 Å². The molecule has 0 amide bonds. The van der Waals surface area contributed by atoms with Crippen LogP contribution in [-0.4, -0.2) is 6.54 Å². The van der Waals surface area contributed by atoms with Crippen molar-refractivity contribution in [3.8, 4) is 0 Å². The van der Waals surface area contributed by atoms with Gasteiger partial charge < -0.3 is 5.32 Å². The fraction of sp³-hybridized carbons (Fsp3) is 0.360. The van der Waals surface area contributed by atoms with Gasteiger partial charge in [0.25, 0.3) is 0 Å². The first-order valence-electron chi connectivity index (χ1n) is 9.90. The number of rotatable bonds is 7. The summed E-state index contributed by atoms with van der Waals surface area (Å²) < 4.78 is 0. The van der Waals surface area contributed by atoms with Crippen LogP contribution in [0.15, 0.2) is 61.7 Å². The summed E-state index contributed by atoms with van der Waals surface area (Å²) in [4.78, 5) is 0. The smallest absolute Gasteiger partial charge is 0.0341 e. The second-order valence-corrected chi connectivity index (χ2v) is 7.59. The minimum Gasteiger partial charge on any atom is -0.384 e. The third-order valence-corrected chi connectivity index (χ3v) is 5.68. The Hall–Kier alpha value is -2.28. The van der Waals surface area contributed by atoms with E-state index in [2.05, 4.69) is 80.9 Å². The van der Waals surface area contributed by atoms with Crippen molar-refractivity contribution in [2.24, 2.45) is 5.92 Å². The van der Waals surface area contributed by atoms with Gasteiger partial charge in [-0.25, -0.2) is 0 Å². The Morgan fingerprint density at radius 1 is 1.19 bits per heavy atom. The molecule has 1 aliphatic carbocycles. The molecule has 0 fully saturated rings. The largest absolute Gasteiger partial charge is 0.384 e. The van der Waals surface area contributed by atoms with Crippen LogP contribution in [0, 0.1) is 5.92 Å². The molecule has 0 aliphatic heterocycles. The summed E-state index contributed by atoms with van der Waals surface area (Å²) in [6, 6.07) is 17.4. The van der Waals surface area contributed by atoms with Crippen molar-refractivity contribution >= 4 is 11.3 Å². The molecule has 1 N–H and O–H groups in total. The lowest BCUT2D eigenvalue weighted by Crippen LogP contribution is -2.19. The van der Waals surface area contributed by atoms with Gasteiger partial charge in [-0.05, 0) is 65.0 Å². The maximum Gasteiger partial charge on any atom is 0.0341 e. The molecular formula is C25H31N. The molecule has 1 heteroatoms. The van der Waals surface area contributed by atoms with E-state index in [9.17, 15) is 0 Å². The normalized spacial score (nSPS) is 17.5. The van der Waals surface area contributed by atoms with Crippen LogP contribution >= 0.6 is 0 Å². The Balaban J connectivity index is 1.65. The molecule has 1 aliphatic rings. The zero-order valence-corrected chi connectivity index (χ0v) is 16.2. The summed E-state index contributed by atoms with van der Waals surface area (Å²) in [6.07, 6.45) is 4.87. The number of benzene rings is 2. The molecule has 0 heterocycles. The van der Waals surface area contributed by atoms with Crippen LogP contribution in [0.2, 0.25) is 0 Å². The maximum atomic E-state index is 4.39. The molecular weight excluding hydrogens is 314 g/mol. The Bertz CT molecular complexity index is 772. The van der Waals surface area contributed by atoms with E-state index >= 15 is 0 Å². The van der Waals surface area contributed by atoms with Gasteiger partial charge in [0.15, 0.2) is 0 Å². The lowest BCUT2D eigenvalue weighted by molar-refractivity contribution is 0.539. The minimum absolute atomic E-state index is 0.458. The minimum atomic E-state index is 0.458. The van der Waals surface area contributed by atoms with E-state index in [1.165, 1.54) is 47.1 Å². The number of hydrogen-bond donors (Lipinski definition) is 1. The molecule has 1 nitrogen and oxygen atoms in total. The van der Waals surface area contributed by atoms with Crippen LogP contribution in [0.25, 0.3) is 11.3 Å². The number of hydrogen-bond acceptors (Lipinski definition) is 1. The number of fused-ring (bicyclic) bond motifs is 1. The van der Waals surface area contributed by atoms with Crippen molar-refractivity contribution in [2.75, 3.05) is 6.54 Å². The lowest BCUT2D eigenvalue weighted by Gasteiger charge is -2.27. The van der Waals surface area contributed by atoms with Crippen LogP contribution in [0.5, 0.6) is 0 Å². The molecule has 0 radical (unpaired) electrons. The molecule has 2 aromatic rings. The molecule has 0 saturated heterocycles. The summed E-state index contributed by atoms with van der Waals surface area (Å²) >= 11 is 0. The van der Waals surface area contributed by atoms with E-state index in [4.69, 9.17) is 0 Å². The zero-order valence-electron chi connectivity index (χ0n) is 16.2. The summed E-state index contributed by atoms with van der Waals surface area (Å²) in [5, 5.41) is 3.53. The van der Waals surface area contributed by atoms with E-state index in [1.807, 2.05) is 0 Å². The predicted octanol–water partition coefficient (Wildman–Crippen LogP) is 6.43. The van der Waals surface area contributed by atoms with Gasteiger partial charge in [0.2, 0.25) is 0 Å². The highest BCUT2D eigenvalue weighted by molar-refractivity contribution is 5.73. The SMILES string of the molecule is C=C(NCC(C)c1ccccc1)c1ccc2c(c1)CCC(CCC)C2=C. The van der Waals surface area contributed by atoms with Gasteiger partial charge in [-0.3, -0.25) is 0 Å². The second-order valence-electron chi connectivity index (χ2n) is 7.59.